The molecule has 3 rings (SSSR count). The van der Waals surface area contributed by atoms with Gasteiger partial charge in [0.25, 0.3) is 0 Å². The predicted molar refractivity (Wildman–Crippen MR) is 79.1 cm³/mol. The van der Waals surface area contributed by atoms with Crippen LogP contribution in [0.3, 0.4) is 0 Å². The number of rotatable bonds is 3. The summed E-state index contributed by atoms with van der Waals surface area (Å²) in [5, 5.41) is 10.0. The third kappa shape index (κ3) is 2.65. The molecule has 2 heterocycles. The van der Waals surface area contributed by atoms with Crippen molar-refractivity contribution < 1.29 is 4.79 Å². The monoisotopic (exact) mass is 332 g/mol. The molecule has 5 nitrogen and oxygen atoms in total. The van der Waals surface area contributed by atoms with Gasteiger partial charge in [0.05, 0.1) is 24.9 Å². The summed E-state index contributed by atoms with van der Waals surface area (Å²) in [6.45, 7) is 0.488. The van der Waals surface area contributed by atoms with Crippen LogP contribution in [0.25, 0.3) is 0 Å². The van der Waals surface area contributed by atoms with Crippen LogP contribution in [0.15, 0.2) is 46.2 Å². The van der Waals surface area contributed by atoms with Crippen LogP contribution in [0.5, 0.6) is 0 Å². The highest BCUT2D eigenvalue weighted by atomic mass is 79.9. The molecule has 6 heteroatoms. The number of benzene rings is 1. The molecule has 0 spiro atoms. The van der Waals surface area contributed by atoms with Gasteiger partial charge in [0.2, 0.25) is 5.91 Å². The number of hydrogen-bond acceptors (Lipinski definition) is 3. The van der Waals surface area contributed by atoms with Crippen LogP contribution in [0, 0.1) is 0 Å². The SMILES string of the molecule is Cn1cc(C2=NN(Cc3cccc(Br)c3)C(=O)C2)cn1. The summed E-state index contributed by atoms with van der Waals surface area (Å²) in [6.07, 6.45) is 3.93. The Balaban J connectivity index is 1.80. The summed E-state index contributed by atoms with van der Waals surface area (Å²) >= 11 is 3.43. The summed E-state index contributed by atoms with van der Waals surface area (Å²) in [5.41, 5.74) is 2.72. The van der Waals surface area contributed by atoms with E-state index >= 15 is 0 Å². The molecule has 0 N–H and O–H groups in total. The highest BCUT2D eigenvalue weighted by Crippen LogP contribution is 2.19. The van der Waals surface area contributed by atoms with Crippen LogP contribution >= 0.6 is 15.9 Å². The van der Waals surface area contributed by atoms with E-state index in [-0.39, 0.29) is 5.91 Å². The molecule has 0 unspecified atom stereocenters. The Labute approximate surface area is 125 Å². The summed E-state index contributed by atoms with van der Waals surface area (Å²) < 4.78 is 2.71. The lowest BCUT2D eigenvalue weighted by atomic mass is 10.1. The Hall–Kier alpha value is -1.95. The first-order valence-electron chi connectivity index (χ1n) is 6.23. The Morgan fingerprint density at radius 3 is 2.95 bits per heavy atom. The van der Waals surface area contributed by atoms with E-state index in [1.165, 1.54) is 5.01 Å². The molecule has 102 valence electrons. The first-order valence-corrected chi connectivity index (χ1v) is 7.02. The van der Waals surface area contributed by atoms with Crippen LogP contribution in [-0.4, -0.2) is 26.4 Å². The van der Waals surface area contributed by atoms with Gasteiger partial charge < -0.3 is 0 Å². The zero-order valence-corrected chi connectivity index (χ0v) is 12.5. The van der Waals surface area contributed by atoms with Gasteiger partial charge in [0, 0.05) is 23.3 Å². The quantitative estimate of drug-likeness (QED) is 0.866. The maximum Gasteiger partial charge on any atom is 0.249 e. The molecule has 2 aromatic rings. The van der Waals surface area contributed by atoms with Gasteiger partial charge in [-0.25, -0.2) is 5.01 Å². The average Bonchev–Trinajstić information content (AvgIpc) is 2.97. The van der Waals surface area contributed by atoms with Crippen molar-refractivity contribution in [3.05, 3.63) is 52.3 Å². The number of nitrogens with zero attached hydrogens (tertiary/aromatic N) is 4. The van der Waals surface area contributed by atoms with Gasteiger partial charge in [0.15, 0.2) is 0 Å². The first-order chi connectivity index (χ1) is 9.61. The average molecular weight is 333 g/mol. The minimum absolute atomic E-state index is 0.0174. The second kappa shape index (κ2) is 5.20. The first kappa shape index (κ1) is 13.1. The van der Waals surface area contributed by atoms with Gasteiger partial charge in [-0.05, 0) is 17.7 Å². The predicted octanol–water partition coefficient (Wildman–Crippen LogP) is 2.32. The Bertz CT molecular complexity index is 692. The molecule has 1 aliphatic heterocycles. The molecule has 0 saturated carbocycles. The summed E-state index contributed by atoms with van der Waals surface area (Å²) in [4.78, 5) is 12.0. The lowest BCUT2D eigenvalue weighted by Gasteiger charge is -2.11. The van der Waals surface area contributed by atoms with Crippen LogP contribution in [0.2, 0.25) is 0 Å². The van der Waals surface area contributed by atoms with E-state index in [9.17, 15) is 4.79 Å². The van der Waals surface area contributed by atoms with E-state index < -0.39 is 0 Å². The number of aryl methyl sites for hydroxylation is 1. The number of halogens is 1. The van der Waals surface area contributed by atoms with Gasteiger partial charge in [0.1, 0.15) is 0 Å². The highest BCUT2D eigenvalue weighted by molar-refractivity contribution is 9.10. The van der Waals surface area contributed by atoms with Crippen molar-refractivity contribution in [3.63, 3.8) is 0 Å². The molecule has 0 radical (unpaired) electrons. The summed E-state index contributed by atoms with van der Waals surface area (Å²) in [5.74, 6) is 0.0174. The lowest BCUT2D eigenvalue weighted by Crippen LogP contribution is -2.19. The van der Waals surface area contributed by atoms with Crippen LogP contribution < -0.4 is 0 Å². The van der Waals surface area contributed by atoms with Gasteiger partial charge in [-0.1, -0.05) is 28.1 Å². The fraction of sp³-hybridized carbons (Fsp3) is 0.214. The van der Waals surface area contributed by atoms with E-state index in [0.717, 1.165) is 21.3 Å². The second-order valence-electron chi connectivity index (χ2n) is 4.71. The summed E-state index contributed by atoms with van der Waals surface area (Å²) in [7, 11) is 1.85. The van der Waals surface area contributed by atoms with Gasteiger partial charge in [-0.3, -0.25) is 9.48 Å². The molecule has 1 aromatic carbocycles. The molecule has 1 amide bonds. The Kier molecular flexibility index (Phi) is 3.40. The van der Waals surface area contributed by atoms with Gasteiger partial charge in [-0.15, -0.1) is 0 Å². The maximum absolute atomic E-state index is 12.0. The van der Waals surface area contributed by atoms with Crippen LogP contribution in [0.4, 0.5) is 0 Å². The van der Waals surface area contributed by atoms with Crippen LogP contribution in [-0.2, 0) is 18.4 Å². The minimum Gasteiger partial charge on any atom is -0.275 e. The van der Waals surface area contributed by atoms with Crippen molar-refractivity contribution in [2.45, 2.75) is 13.0 Å². The third-order valence-corrected chi connectivity index (χ3v) is 3.60. The Morgan fingerprint density at radius 1 is 1.40 bits per heavy atom. The topological polar surface area (TPSA) is 50.5 Å². The fourth-order valence-electron chi connectivity index (χ4n) is 2.13. The molecule has 0 saturated heterocycles. The number of aromatic nitrogens is 2. The van der Waals surface area contributed by atoms with E-state index in [0.29, 0.717) is 13.0 Å². The van der Waals surface area contributed by atoms with E-state index in [4.69, 9.17) is 0 Å². The fourth-order valence-corrected chi connectivity index (χ4v) is 2.58. The molecular formula is C14H13BrN4O. The Morgan fingerprint density at radius 2 is 2.25 bits per heavy atom. The zero-order valence-electron chi connectivity index (χ0n) is 11.0. The summed E-state index contributed by atoms with van der Waals surface area (Å²) in [6, 6.07) is 7.88. The van der Waals surface area contributed by atoms with Crippen molar-refractivity contribution in [1.29, 1.82) is 0 Å². The van der Waals surface area contributed by atoms with E-state index in [1.807, 2.05) is 37.5 Å². The normalized spacial score (nSPS) is 14.8. The molecule has 1 aromatic heterocycles. The molecule has 0 fully saturated rings. The molecular weight excluding hydrogens is 320 g/mol. The zero-order chi connectivity index (χ0) is 14.1. The molecule has 1 aliphatic rings. The molecule has 20 heavy (non-hydrogen) atoms. The number of hydrogen-bond donors (Lipinski definition) is 0. The lowest BCUT2D eigenvalue weighted by molar-refractivity contribution is -0.129. The number of hydrazone groups is 1. The number of carbonyl (C=O) groups is 1. The number of amides is 1. The molecule has 0 bridgehead atoms. The van der Waals surface area contributed by atoms with Crippen LogP contribution in [0.1, 0.15) is 17.5 Å². The van der Waals surface area contributed by atoms with Crippen molar-refractivity contribution in [1.82, 2.24) is 14.8 Å². The van der Waals surface area contributed by atoms with E-state index in [1.54, 1.807) is 10.9 Å². The van der Waals surface area contributed by atoms with Crippen molar-refractivity contribution in [2.24, 2.45) is 12.1 Å². The number of carbonyl (C=O) groups excluding carboxylic acids is 1. The van der Waals surface area contributed by atoms with Gasteiger partial charge in [-0.2, -0.15) is 10.2 Å². The minimum atomic E-state index is 0.0174. The maximum atomic E-state index is 12.0. The van der Waals surface area contributed by atoms with Gasteiger partial charge >= 0.3 is 0 Å². The van der Waals surface area contributed by atoms with Crippen molar-refractivity contribution in [2.75, 3.05) is 0 Å². The smallest absolute Gasteiger partial charge is 0.249 e. The van der Waals surface area contributed by atoms with E-state index in [2.05, 4.69) is 26.1 Å². The van der Waals surface area contributed by atoms with Crippen molar-refractivity contribution >= 4 is 27.5 Å². The highest BCUT2D eigenvalue weighted by Gasteiger charge is 2.25. The molecule has 0 aliphatic carbocycles. The van der Waals surface area contributed by atoms with Crippen molar-refractivity contribution in [3.8, 4) is 0 Å². The second-order valence-corrected chi connectivity index (χ2v) is 5.62. The standard InChI is InChI=1S/C14H13BrN4O/c1-18-9-11(7-16-18)13-6-14(20)19(17-13)8-10-3-2-4-12(15)5-10/h2-5,7,9H,6,8H2,1H3. The largest absolute Gasteiger partial charge is 0.275 e. The third-order valence-electron chi connectivity index (χ3n) is 3.11. The molecule has 0 atom stereocenters.